The molecule has 0 bridgehead atoms. The van der Waals surface area contributed by atoms with Crippen molar-refractivity contribution in [2.45, 2.75) is 29.9 Å². The smallest absolute Gasteiger partial charge is 0.223 e. The minimum absolute atomic E-state index is 0.183. The number of aliphatic imine (C=N–C) groups is 1. The summed E-state index contributed by atoms with van der Waals surface area (Å²) in [6.45, 7) is 4.32. The fourth-order valence-corrected chi connectivity index (χ4v) is 3.04. The van der Waals surface area contributed by atoms with Gasteiger partial charge in [-0.05, 0) is 25.0 Å². The van der Waals surface area contributed by atoms with Gasteiger partial charge in [0.1, 0.15) is 0 Å². The summed E-state index contributed by atoms with van der Waals surface area (Å²) in [5.74, 6) is 1.22. The first-order valence-electron chi connectivity index (χ1n) is 8.13. The standard InChI is InChI=1S/C17H26N4OS/c1-13(23-15-6-4-3-5-7-15)12-21-17(18-2)20-11-10-19-16(22)14-8-9-14/h3-7,13-14H,8-12H2,1-2H3,(H,19,22)(H2,18,20,21). The SMILES string of the molecule is CN=C(NCCNC(=O)C1CC1)NCC(C)Sc1ccccc1. The van der Waals surface area contributed by atoms with Crippen LogP contribution >= 0.6 is 11.8 Å². The number of amides is 1. The van der Waals surface area contributed by atoms with Crippen LogP contribution in [0.1, 0.15) is 19.8 Å². The molecule has 1 aromatic rings. The van der Waals surface area contributed by atoms with Crippen LogP contribution in [0.15, 0.2) is 40.2 Å². The van der Waals surface area contributed by atoms with Gasteiger partial charge >= 0.3 is 0 Å². The van der Waals surface area contributed by atoms with E-state index < -0.39 is 0 Å². The van der Waals surface area contributed by atoms with E-state index in [9.17, 15) is 4.79 Å². The molecule has 0 spiro atoms. The molecule has 5 nitrogen and oxygen atoms in total. The zero-order valence-electron chi connectivity index (χ0n) is 13.8. The third kappa shape index (κ3) is 6.95. The summed E-state index contributed by atoms with van der Waals surface area (Å²) in [6.07, 6.45) is 2.08. The zero-order valence-corrected chi connectivity index (χ0v) is 14.7. The molecule has 0 aliphatic heterocycles. The Morgan fingerprint density at radius 2 is 1.91 bits per heavy atom. The lowest BCUT2D eigenvalue weighted by Gasteiger charge is -2.16. The van der Waals surface area contributed by atoms with Crippen molar-refractivity contribution in [3.8, 4) is 0 Å². The van der Waals surface area contributed by atoms with E-state index in [0.29, 0.717) is 18.3 Å². The summed E-state index contributed by atoms with van der Waals surface area (Å²) in [5.41, 5.74) is 0. The Labute approximate surface area is 142 Å². The van der Waals surface area contributed by atoms with E-state index in [1.54, 1.807) is 7.05 Å². The van der Waals surface area contributed by atoms with E-state index in [1.807, 2.05) is 17.8 Å². The molecule has 1 atom stereocenters. The minimum Gasteiger partial charge on any atom is -0.355 e. The van der Waals surface area contributed by atoms with Crippen LogP contribution in [0, 0.1) is 5.92 Å². The Bertz CT molecular complexity index is 517. The maximum Gasteiger partial charge on any atom is 0.223 e. The van der Waals surface area contributed by atoms with Crippen LogP contribution < -0.4 is 16.0 Å². The van der Waals surface area contributed by atoms with Gasteiger partial charge in [0.25, 0.3) is 0 Å². The van der Waals surface area contributed by atoms with Gasteiger partial charge in [0.05, 0.1) is 0 Å². The van der Waals surface area contributed by atoms with Gasteiger partial charge in [-0.3, -0.25) is 9.79 Å². The van der Waals surface area contributed by atoms with E-state index in [2.05, 4.69) is 52.1 Å². The molecule has 0 heterocycles. The maximum atomic E-state index is 11.5. The molecule has 1 fully saturated rings. The molecule has 0 radical (unpaired) electrons. The van der Waals surface area contributed by atoms with Crippen molar-refractivity contribution in [1.29, 1.82) is 0 Å². The summed E-state index contributed by atoms with van der Waals surface area (Å²) in [4.78, 5) is 17.0. The molecule has 1 unspecified atom stereocenters. The topological polar surface area (TPSA) is 65.5 Å². The third-order valence-electron chi connectivity index (χ3n) is 3.53. The second-order valence-electron chi connectivity index (χ2n) is 5.69. The van der Waals surface area contributed by atoms with Gasteiger partial charge in [0.15, 0.2) is 5.96 Å². The number of nitrogens with one attached hydrogen (secondary N) is 3. The summed E-state index contributed by atoms with van der Waals surface area (Å²) in [5, 5.41) is 9.91. The van der Waals surface area contributed by atoms with Gasteiger partial charge in [-0.15, -0.1) is 11.8 Å². The van der Waals surface area contributed by atoms with Crippen LogP contribution in [-0.2, 0) is 4.79 Å². The lowest BCUT2D eigenvalue weighted by molar-refractivity contribution is -0.122. The molecular weight excluding hydrogens is 308 g/mol. The van der Waals surface area contributed by atoms with Crippen molar-refractivity contribution in [2.24, 2.45) is 10.9 Å². The van der Waals surface area contributed by atoms with E-state index in [1.165, 1.54) is 4.90 Å². The van der Waals surface area contributed by atoms with E-state index in [4.69, 9.17) is 0 Å². The molecule has 1 aliphatic rings. The second-order valence-corrected chi connectivity index (χ2v) is 7.20. The van der Waals surface area contributed by atoms with Gasteiger partial charge in [-0.25, -0.2) is 0 Å². The second kappa shape index (κ2) is 9.45. The van der Waals surface area contributed by atoms with Gasteiger partial charge in [0, 0.05) is 42.7 Å². The monoisotopic (exact) mass is 334 g/mol. The van der Waals surface area contributed by atoms with Crippen molar-refractivity contribution in [2.75, 3.05) is 26.7 Å². The maximum absolute atomic E-state index is 11.5. The molecule has 23 heavy (non-hydrogen) atoms. The van der Waals surface area contributed by atoms with E-state index in [0.717, 1.165) is 25.3 Å². The Hall–Kier alpha value is -1.69. The molecule has 3 N–H and O–H groups in total. The molecule has 1 saturated carbocycles. The first-order valence-corrected chi connectivity index (χ1v) is 9.01. The van der Waals surface area contributed by atoms with Crippen LogP contribution in [0.2, 0.25) is 0 Å². The predicted molar refractivity (Wildman–Crippen MR) is 96.9 cm³/mol. The first-order chi connectivity index (χ1) is 11.2. The quantitative estimate of drug-likeness (QED) is 0.294. The summed E-state index contributed by atoms with van der Waals surface area (Å²) in [6, 6.07) is 10.4. The van der Waals surface area contributed by atoms with Crippen molar-refractivity contribution in [3.63, 3.8) is 0 Å². The molecule has 0 saturated heterocycles. The molecule has 2 rings (SSSR count). The predicted octanol–water partition coefficient (Wildman–Crippen LogP) is 1.86. The third-order valence-corrected chi connectivity index (χ3v) is 4.64. The van der Waals surface area contributed by atoms with Gasteiger partial charge < -0.3 is 16.0 Å². The van der Waals surface area contributed by atoms with Crippen molar-refractivity contribution in [3.05, 3.63) is 30.3 Å². The molecule has 1 amide bonds. The van der Waals surface area contributed by atoms with Crippen molar-refractivity contribution >= 4 is 23.6 Å². The summed E-state index contributed by atoms with van der Waals surface area (Å²) < 4.78 is 0. The lowest BCUT2D eigenvalue weighted by Crippen LogP contribution is -2.43. The fourth-order valence-electron chi connectivity index (χ4n) is 2.09. The number of carbonyl (C=O) groups excluding carboxylic acids is 1. The highest BCUT2D eigenvalue weighted by atomic mass is 32.2. The number of hydrogen-bond donors (Lipinski definition) is 3. The van der Waals surface area contributed by atoms with Crippen LogP contribution in [0.5, 0.6) is 0 Å². The first kappa shape index (κ1) is 17.7. The number of nitrogens with zero attached hydrogens (tertiary/aromatic N) is 1. The molecule has 126 valence electrons. The van der Waals surface area contributed by atoms with Crippen LogP contribution in [0.4, 0.5) is 0 Å². The number of rotatable bonds is 8. The number of hydrogen-bond acceptors (Lipinski definition) is 3. The van der Waals surface area contributed by atoms with E-state index >= 15 is 0 Å². The van der Waals surface area contributed by atoms with Crippen molar-refractivity contribution in [1.82, 2.24) is 16.0 Å². The lowest BCUT2D eigenvalue weighted by atomic mass is 10.4. The van der Waals surface area contributed by atoms with Crippen LogP contribution in [-0.4, -0.2) is 43.8 Å². The summed E-state index contributed by atoms with van der Waals surface area (Å²) in [7, 11) is 1.76. The van der Waals surface area contributed by atoms with Crippen LogP contribution in [0.25, 0.3) is 0 Å². The van der Waals surface area contributed by atoms with Crippen molar-refractivity contribution < 1.29 is 4.79 Å². The Balaban J connectivity index is 1.59. The highest BCUT2D eigenvalue weighted by Crippen LogP contribution is 2.28. The Morgan fingerprint density at radius 1 is 1.22 bits per heavy atom. The number of carbonyl (C=O) groups is 1. The zero-order chi connectivity index (χ0) is 16.5. The molecular formula is C17H26N4OS. The van der Waals surface area contributed by atoms with Gasteiger partial charge in [0.2, 0.25) is 5.91 Å². The van der Waals surface area contributed by atoms with E-state index in [-0.39, 0.29) is 11.8 Å². The highest BCUT2D eigenvalue weighted by Gasteiger charge is 2.28. The average molecular weight is 334 g/mol. The largest absolute Gasteiger partial charge is 0.355 e. The number of benzene rings is 1. The summed E-state index contributed by atoms with van der Waals surface area (Å²) >= 11 is 1.84. The molecule has 1 aliphatic carbocycles. The molecule has 1 aromatic carbocycles. The Morgan fingerprint density at radius 3 is 2.57 bits per heavy atom. The highest BCUT2D eigenvalue weighted by molar-refractivity contribution is 8.00. The van der Waals surface area contributed by atoms with Gasteiger partial charge in [-0.2, -0.15) is 0 Å². The van der Waals surface area contributed by atoms with Crippen LogP contribution in [0.3, 0.4) is 0 Å². The normalized spacial score (nSPS) is 15.8. The Kier molecular flexibility index (Phi) is 7.26. The molecule has 0 aromatic heterocycles. The minimum atomic E-state index is 0.183. The average Bonchev–Trinajstić information content (AvgIpc) is 3.40. The fraction of sp³-hybridized carbons (Fsp3) is 0.529. The van der Waals surface area contributed by atoms with Gasteiger partial charge in [-0.1, -0.05) is 25.1 Å². The number of thioether (sulfide) groups is 1. The molecule has 6 heteroatoms. The number of guanidine groups is 1.